The summed E-state index contributed by atoms with van der Waals surface area (Å²) >= 11 is 0. The van der Waals surface area contributed by atoms with E-state index in [0.29, 0.717) is 18.5 Å². The zero-order valence-corrected chi connectivity index (χ0v) is 11.7. The number of rotatable bonds is 4. The molecule has 1 saturated carbocycles. The quantitative estimate of drug-likeness (QED) is 0.896. The topological polar surface area (TPSA) is 58.4 Å². The summed E-state index contributed by atoms with van der Waals surface area (Å²) in [6.07, 6.45) is -3.15. The molecule has 0 heterocycles. The van der Waals surface area contributed by atoms with Crippen LogP contribution >= 0.6 is 0 Å². The molecule has 1 aliphatic rings. The summed E-state index contributed by atoms with van der Waals surface area (Å²) in [7, 11) is 0. The molecule has 2 rings (SSSR count). The van der Waals surface area contributed by atoms with E-state index in [-0.39, 0.29) is 12.1 Å². The van der Waals surface area contributed by atoms with Gasteiger partial charge in [-0.2, -0.15) is 13.2 Å². The van der Waals surface area contributed by atoms with Crippen molar-refractivity contribution < 1.29 is 18.0 Å². The smallest absolute Gasteiger partial charge is 0.324 e. The van der Waals surface area contributed by atoms with Gasteiger partial charge in [-0.3, -0.25) is 0 Å². The molecule has 0 saturated heterocycles. The minimum absolute atomic E-state index is 0.136. The zero-order chi connectivity index (χ0) is 15.6. The summed E-state index contributed by atoms with van der Waals surface area (Å²) in [5.41, 5.74) is 7.06. The summed E-state index contributed by atoms with van der Waals surface area (Å²) in [5.74, 6) is 0. The first-order valence-electron chi connectivity index (χ1n) is 6.76. The minimum atomic E-state index is -4.39. The third kappa shape index (κ3) is 4.63. The lowest BCUT2D eigenvalue weighted by Gasteiger charge is -2.24. The normalized spacial score (nSPS) is 16.4. The van der Waals surface area contributed by atoms with Crippen molar-refractivity contribution in [3.05, 3.63) is 29.8 Å². The number of halogens is 3. The van der Waals surface area contributed by atoms with Crippen molar-refractivity contribution in [3.63, 3.8) is 0 Å². The average Bonchev–Trinajstić information content (AvgIpc) is 3.19. The monoisotopic (exact) mass is 301 g/mol. The van der Waals surface area contributed by atoms with Crippen molar-refractivity contribution in [2.45, 2.75) is 38.0 Å². The Kier molecular flexibility index (Phi) is 4.41. The lowest BCUT2D eigenvalue weighted by atomic mass is 10.1. The first-order valence-corrected chi connectivity index (χ1v) is 6.76. The Morgan fingerprint density at radius 3 is 2.38 bits per heavy atom. The number of alkyl halides is 3. The lowest BCUT2D eigenvalue weighted by molar-refractivity contribution is -0.140. The van der Waals surface area contributed by atoms with Crippen LogP contribution in [0.3, 0.4) is 0 Å². The van der Waals surface area contributed by atoms with Crippen molar-refractivity contribution in [2.24, 2.45) is 5.73 Å². The highest BCUT2D eigenvalue weighted by atomic mass is 19.4. The fourth-order valence-corrected chi connectivity index (χ4v) is 2.01. The van der Waals surface area contributed by atoms with Crippen molar-refractivity contribution in [3.8, 4) is 0 Å². The molecule has 0 radical (unpaired) electrons. The second-order valence-electron chi connectivity index (χ2n) is 5.32. The van der Waals surface area contributed by atoms with Gasteiger partial charge in [-0.25, -0.2) is 4.79 Å². The Balaban J connectivity index is 2.01. The van der Waals surface area contributed by atoms with Crippen LogP contribution in [0.15, 0.2) is 24.3 Å². The molecule has 0 aromatic heterocycles. The highest BCUT2D eigenvalue weighted by Crippen LogP contribution is 2.30. The van der Waals surface area contributed by atoms with Gasteiger partial charge in [-0.1, -0.05) is 12.1 Å². The Hall–Kier alpha value is -1.76. The second-order valence-corrected chi connectivity index (χ2v) is 5.32. The van der Waals surface area contributed by atoms with Gasteiger partial charge >= 0.3 is 12.2 Å². The van der Waals surface area contributed by atoms with Crippen LogP contribution < -0.4 is 11.1 Å². The van der Waals surface area contributed by atoms with E-state index in [1.807, 2.05) is 6.92 Å². The molecule has 1 aromatic rings. The second kappa shape index (κ2) is 5.93. The van der Waals surface area contributed by atoms with Gasteiger partial charge in [0.25, 0.3) is 0 Å². The number of nitrogens with zero attached hydrogens (tertiary/aromatic N) is 1. The average molecular weight is 301 g/mol. The van der Waals surface area contributed by atoms with Crippen LogP contribution in [0.2, 0.25) is 0 Å². The molecule has 0 bridgehead atoms. The van der Waals surface area contributed by atoms with Crippen LogP contribution in [0.5, 0.6) is 0 Å². The standard InChI is InChI=1S/C14H18F3N3O/c1-9(18)10-2-4-11(5-3-10)19-13(21)20(12-6-7-12)8-14(15,16)17/h2-5,9,12H,6-8,18H2,1H3,(H,19,21). The fourth-order valence-electron chi connectivity index (χ4n) is 2.01. The highest BCUT2D eigenvalue weighted by Gasteiger charge is 2.40. The van der Waals surface area contributed by atoms with E-state index in [0.717, 1.165) is 10.5 Å². The number of urea groups is 1. The molecule has 7 heteroatoms. The van der Waals surface area contributed by atoms with Crippen molar-refractivity contribution in [2.75, 3.05) is 11.9 Å². The molecule has 1 fully saturated rings. The Morgan fingerprint density at radius 2 is 1.95 bits per heavy atom. The van der Waals surface area contributed by atoms with Gasteiger partial charge in [0.2, 0.25) is 0 Å². The predicted molar refractivity (Wildman–Crippen MR) is 73.8 cm³/mol. The first-order chi connectivity index (χ1) is 9.76. The first kappa shape index (κ1) is 15.6. The van der Waals surface area contributed by atoms with Gasteiger partial charge in [-0.05, 0) is 37.5 Å². The van der Waals surface area contributed by atoms with E-state index >= 15 is 0 Å². The number of carbonyl (C=O) groups is 1. The van der Waals surface area contributed by atoms with E-state index in [9.17, 15) is 18.0 Å². The van der Waals surface area contributed by atoms with Crippen LogP contribution in [0.1, 0.15) is 31.4 Å². The molecule has 4 nitrogen and oxygen atoms in total. The van der Waals surface area contributed by atoms with Crippen LogP contribution in [-0.4, -0.2) is 29.7 Å². The van der Waals surface area contributed by atoms with E-state index in [1.54, 1.807) is 24.3 Å². The summed E-state index contributed by atoms with van der Waals surface area (Å²) in [6.45, 7) is 0.604. The molecule has 3 N–H and O–H groups in total. The summed E-state index contributed by atoms with van der Waals surface area (Å²) in [5, 5.41) is 2.50. The summed E-state index contributed by atoms with van der Waals surface area (Å²) in [4.78, 5) is 12.8. The minimum Gasteiger partial charge on any atom is -0.324 e. The van der Waals surface area contributed by atoms with Gasteiger partial charge in [0, 0.05) is 17.8 Å². The van der Waals surface area contributed by atoms with Crippen LogP contribution in [0.4, 0.5) is 23.7 Å². The molecule has 116 valence electrons. The van der Waals surface area contributed by atoms with E-state index in [2.05, 4.69) is 5.32 Å². The molecule has 0 spiro atoms. The molecule has 21 heavy (non-hydrogen) atoms. The van der Waals surface area contributed by atoms with Gasteiger partial charge in [0.1, 0.15) is 6.54 Å². The Bertz CT molecular complexity index is 495. The maximum absolute atomic E-state index is 12.5. The van der Waals surface area contributed by atoms with Gasteiger partial charge < -0.3 is 16.0 Å². The van der Waals surface area contributed by atoms with Gasteiger partial charge in [0.05, 0.1) is 0 Å². The summed E-state index contributed by atoms with van der Waals surface area (Å²) in [6, 6.07) is 5.59. The third-order valence-electron chi connectivity index (χ3n) is 3.29. The number of nitrogens with two attached hydrogens (primary N) is 1. The summed E-state index contributed by atoms with van der Waals surface area (Å²) < 4.78 is 37.5. The van der Waals surface area contributed by atoms with Crippen molar-refractivity contribution in [1.29, 1.82) is 0 Å². The predicted octanol–water partition coefficient (Wildman–Crippen LogP) is 3.26. The number of hydrogen-bond acceptors (Lipinski definition) is 2. The maximum atomic E-state index is 12.5. The number of anilines is 1. The molecular weight excluding hydrogens is 283 g/mol. The fraction of sp³-hybridized carbons (Fsp3) is 0.500. The SMILES string of the molecule is CC(N)c1ccc(NC(=O)N(CC(F)(F)F)C2CC2)cc1. The highest BCUT2D eigenvalue weighted by molar-refractivity contribution is 5.89. The maximum Gasteiger partial charge on any atom is 0.406 e. The van der Waals surface area contributed by atoms with E-state index < -0.39 is 18.8 Å². The van der Waals surface area contributed by atoms with E-state index in [1.165, 1.54) is 0 Å². The molecular formula is C14H18F3N3O. The third-order valence-corrected chi connectivity index (χ3v) is 3.29. The van der Waals surface area contributed by atoms with Crippen LogP contribution in [0, 0.1) is 0 Å². The molecule has 1 aliphatic carbocycles. The molecule has 1 atom stereocenters. The van der Waals surface area contributed by atoms with Crippen LogP contribution in [-0.2, 0) is 0 Å². The lowest BCUT2D eigenvalue weighted by Crippen LogP contribution is -2.42. The number of carbonyl (C=O) groups excluding carboxylic acids is 1. The molecule has 2 amide bonds. The zero-order valence-electron chi connectivity index (χ0n) is 11.7. The van der Waals surface area contributed by atoms with Crippen molar-refractivity contribution in [1.82, 2.24) is 4.90 Å². The van der Waals surface area contributed by atoms with Crippen LogP contribution in [0.25, 0.3) is 0 Å². The largest absolute Gasteiger partial charge is 0.406 e. The van der Waals surface area contributed by atoms with Gasteiger partial charge in [0.15, 0.2) is 0 Å². The molecule has 0 aliphatic heterocycles. The Labute approximate surface area is 121 Å². The number of hydrogen-bond donors (Lipinski definition) is 2. The number of benzene rings is 1. The Morgan fingerprint density at radius 1 is 1.38 bits per heavy atom. The molecule has 1 aromatic carbocycles. The number of nitrogens with one attached hydrogen (secondary N) is 1. The van der Waals surface area contributed by atoms with E-state index in [4.69, 9.17) is 5.73 Å². The van der Waals surface area contributed by atoms with Crippen molar-refractivity contribution >= 4 is 11.7 Å². The number of amides is 2. The van der Waals surface area contributed by atoms with Gasteiger partial charge in [-0.15, -0.1) is 0 Å². The molecule has 1 unspecified atom stereocenters.